The number of hydrogen-bond acceptors (Lipinski definition) is 4. The quantitative estimate of drug-likeness (QED) is 0.606. The van der Waals surface area contributed by atoms with Crippen molar-refractivity contribution in [2.45, 2.75) is 20.3 Å². The highest BCUT2D eigenvalue weighted by Crippen LogP contribution is 2.24. The number of hydrogen-bond donors (Lipinski definition) is 2. The lowest BCUT2D eigenvalue weighted by atomic mass is 9.88. The number of aliphatic hydroxyl groups excluding tert-OH is 1. The molecule has 0 bridgehead atoms. The Morgan fingerprint density at radius 1 is 1.50 bits per heavy atom. The first-order valence-corrected chi connectivity index (χ1v) is 5.70. The SMILES string of the molecule is CCC(C)(CO)CNc1cc(F)cc([N+](=O)[O-])c1. The molecule has 0 aliphatic rings. The molecule has 0 aliphatic heterocycles. The van der Waals surface area contributed by atoms with E-state index >= 15 is 0 Å². The van der Waals surface area contributed by atoms with Crippen LogP contribution in [0.5, 0.6) is 0 Å². The van der Waals surface area contributed by atoms with E-state index in [2.05, 4.69) is 5.32 Å². The zero-order valence-corrected chi connectivity index (χ0v) is 10.4. The standard InChI is InChI=1S/C12H17FN2O3/c1-3-12(2,8-16)7-14-10-4-9(13)5-11(6-10)15(17)18/h4-6,14,16H,3,7-8H2,1-2H3. The van der Waals surface area contributed by atoms with E-state index in [0.29, 0.717) is 12.2 Å². The van der Waals surface area contributed by atoms with Gasteiger partial charge in [0.25, 0.3) is 5.69 Å². The van der Waals surface area contributed by atoms with Gasteiger partial charge in [-0.1, -0.05) is 13.8 Å². The Morgan fingerprint density at radius 2 is 2.17 bits per heavy atom. The van der Waals surface area contributed by atoms with E-state index in [1.54, 1.807) is 0 Å². The van der Waals surface area contributed by atoms with Crippen LogP contribution in [-0.2, 0) is 0 Å². The number of rotatable bonds is 6. The number of halogens is 1. The number of aliphatic hydroxyl groups is 1. The van der Waals surface area contributed by atoms with Gasteiger partial charge in [-0.15, -0.1) is 0 Å². The predicted molar refractivity (Wildman–Crippen MR) is 67.0 cm³/mol. The highest BCUT2D eigenvalue weighted by molar-refractivity contribution is 5.51. The molecular weight excluding hydrogens is 239 g/mol. The lowest BCUT2D eigenvalue weighted by molar-refractivity contribution is -0.385. The molecule has 0 fully saturated rings. The maximum Gasteiger partial charge on any atom is 0.274 e. The number of non-ortho nitro benzene ring substituents is 1. The van der Waals surface area contributed by atoms with Crippen LogP contribution >= 0.6 is 0 Å². The maximum absolute atomic E-state index is 13.2. The molecule has 5 nitrogen and oxygen atoms in total. The van der Waals surface area contributed by atoms with E-state index < -0.39 is 10.7 Å². The van der Waals surface area contributed by atoms with Gasteiger partial charge in [0, 0.05) is 23.7 Å². The van der Waals surface area contributed by atoms with Gasteiger partial charge in [0.1, 0.15) is 5.82 Å². The van der Waals surface area contributed by atoms with Gasteiger partial charge in [0.05, 0.1) is 17.6 Å². The van der Waals surface area contributed by atoms with Crippen molar-refractivity contribution in [1.82, 2.24) is 0 Å². The van der Waals surface area contributed by atoms with Gasteiger partial charge in [-0.25, -0.2) is 4.39 Å². The average Bonchev–Trinajstić information content (AvgIpc) is 2.35. The summed E-state index contributed by atoms with van der Waals surface area (Å²) in [7, 11) is 0. The fraction of sp³-hybridized carbons (Fsp3) is 0.500. The molecule has 1 unspecified atom stereocenters. The van der Waals surface area contributed by atoms with Crippen LogP contribution in [0, 0.1) is 21.3 Å². The van der Waals surface area contributed by atoms with Crippen LogP contribution in [0.15, 0.2) is 18.2 Å². The van der Waals surface area contributed by atoms with Crippen LogP contribution in [0.2, 0.25) is 0 Å². The summed E-state index contributed by atoms with van der Waals surface area (Å²) in [5, 5.41) is 22.7. The van der Waals surface area contributed by atoms with E-state index in [1.165, 1.54) is 12.1 Å². The molecule has 0 heterocycles. The summed E-state index contributed by atoms with van der Waals surface area (Å²) in [6.07, 6.45) is 0.744. The topological polar surface area (TPSA) is 75.4 Å². The van der Waals surface area contributed by atoms with Crippen LogP contribution in [0.1, 0.15) is 20.3 Å². The zero-order valence-electron chi connectivity index (χ0n) is 10.4. The second kappa shape index (κ2) is 5.77. The van der Waals surface area contributed by atoms with Crippen LogP contribution in [0.4, 0.5) is 15.8 Å². The lowest BCUT2D eigenvalue weighted by Crippen LogP contribution is -2.29. The monoisotopic (exact) mass is 256 g/mol. The summed E-state index contributed by atoms with van der Waals surface area (Å²) in [6.45, 7) is 4.23. The Hall–Kier alpha value is -1.69. The molecule has 6 heteroatoms. The third kappa shape index (κ3) is 3.66. The molecule has 0 amide bonds. The summed E-state index contributed by atoms with van der Waals surface area (Å²) in [5.41, 5.74) is -0.282. The molecule has 18 heavy (non-hydrogen) atoms. The van der Waals surface area contributed by atoms with E-state index in [9.17, 15) is 19.6 Å². The Morgan fingerprint density at radius 3 is 2.67 bits per heavy atom. The summed E-state index contributed by atoms with van der Waals surface area (Å²) in [5.74, 6) is -0.658. The number of nitro benzene ring substituents is 1. The van der Waals surface area contributed by atoms with Crippen LogP contribution < -0.4 is 5.32 Å². The van der Waals surface area contributed by atoms with Gasteiger partial charge in [-0.05, 0) is 12.5 Å². The number of anilines is 1. The fourth-order valence-electron chi connectivity index (χ4n) is 1.39. The normalized spacial score (nSPS) is 14.0. The highest BCUT2D eigenvalue weighted by Gasteiger charge is 2.21. The minimum absolute atomic E-state index is 0.00604. The Labute approximate surface area is 105 Å². The van der Waals surface area contributed by atoms with Crippen molar-refractivity contribution in [3.63, 3.8) is 0 Å². The Bertz CT molecular complexity index is 433. The first-order valence-electron chi connectivity index (χ1n) is 5.70. The van der Waals surface area contributed by atoms with Gasteiger partial charge in [0.2, 0.25) is 0 Å². The molecular formula is C12H17FN2O3. The summed E-state index contributed by atoms with van der Waals surface area (Å²) < 4.78 is 13.2. The van der Waals surface area contributed by atoms with E-state index in [1.807, 2.05) is 13.8 Å². The van der Waals surface area contributed by atoms with Gasteiger partial charge in [-0.2, -0.15) is 0 Å². The minimum atomic E-state index is -0.658. The molecule has 1 aromatic rings. The van der Waals surface area contributed by atoms with Crippen molar-refractivity contribution in [2.75, 3.05) is 18.5 Å². The van der Waals surface area contributed by atoms with Crippen molar-refractivity contribution in [2.24, 2.45) is 5.41 Å². The van der Waals surface area contributed by atoms with Gasteiger partial charge < -0.3 is 10.4 Å². The smallest absolute Gasteiger partial charge is 0.274 e. The Kier molecular flexibility index (Phi) is 4.61. The molecule has 2 N–H and O–H groups in total. The average molecular weight is 256 g/mol. The first-order chi connectivity index (χ1) is 8.40. The minimum Gasteiger partial charge on any atom is -0.396 e. The largest absolute Gasteiger partial charge is 0.396 e. The van der Waals surface area contributed by atoms with Crippen molar-refractivity contribution in [3.05, 3.63) is 34.1 Å². The maximum atomic E-state index is 13.2. The number of nitrogens with zero attached hydrogens (tertiary/aromatic N) is 1. The molecule has 0 spiro atoms. The fourth-order valence-corrected chi connectivity index (χ4v) is 1.39. The molecule has 0 radical (unpaired) electrons. The van der Waals surface area contributed by atoms with E-state index in [4.69, 9.17) is 0 Å². The summed E-state index contributed by atoms with van der Waals surface area (Å²) in [6, 6.07) is 3.34. The van der Waals surface area contributed by atoms with Crippen molar-refractivity contribution >= 4 is 11.4 Å². The van der Waals surface area contributed by atoms with Gasteiger partial charge in [0.15, 0.2) is 0 Å². The lowest BCUT2D eigenvalue weighted by Gasteiger charge is -2.26. The second-order valence-electron chi connectivity index (χ2n) is 4.63. The molecule has 0 saturated heterocycles. The number of nitrogens with one attached hydrogen (secondary N) is 1. The molecule has 1 atom stereocenters. The predicted octanol–water partition coefficient (Wildman–Crippen LogP) is 2.55. The van der Waals surface area contributed by atoms with E-state index in [-0.39, 0.29) is 17.7 Å². The van der Waals surface area contributed by atoms with Crippen molar-refractivity contribution < 1.29 is 14.4 Å². The van der Waals surface area contributed by atoms with Crippen LogP contribution in [0.3, 0.4) is 0 Å². The van der Waals surface area contributed by atoms with Crippen LogP contribution in [0.25, 0.3) is 0 Å². The Balaban J connectivity index is 2.82. The van der Waals surface area contributed by atoms with Crippen molar-refractivity contribution in [3.8, 4) is 0 Å². The number of benzene rings is 1. The molecule has 0 saturated carbocycles. The summed E-state index contributed by atoms with van der Waals surface area (Å²) >= 11 is 0. The molecule has 0 aliphatic carbocycles. The van der Waals surface area contributed by atoms with Gasteiger partial charge in [-0.3, -0.25) is 10.1 Å². The molecule has 0 aromatic heterocycles. The molecule has 1 rings (SSSR count). The molecule has 100 valence electrons. The third-order valence-corrected chi connectivity index (χ3v) is 3.05. The van der Waals surface area contributed by atoms with Crippen molar-refractivity contribution in [1.29, 1.82) is 0 Å². The van der Waals surface area contributed by atoms with Gasteiger partial charge >= 0.3 is 0 Å². The zero-order chi connectivity index (χ0) is 13.8. The number of nitro groups is 1. The van der Waals surface area contributed by atoms with Crippen LogP contribution in [-0.4, -0.2) is 23.2 Å². The van der Waals surface area contributed by atoms with E-state index in [0.717, 1.165) is 12.5 Å². The first kappa shape index (κ1) is 14.4. The highest BCUT2D eigenvalue weighted by atomic mass is 19.1. The second-order valence-corrected chi connectivity index (χ2v) is 4.63. The summed E-state index contributed by atoms with van der Waals surface area (Å²) in [4.78, 5) is 9.95. The molecule has 1 aromatic carbocycles. The third-order valence-electron chi connectivity index (χ3n) is 3.05.